The molecule has 0 unspecified atom stereocenters. The van der Waals surface area contributed by atoms with Gasteiger partial charge < -0.3 is 5.73 Å². The maximum absolute atomic E-state index is 5.79. The molecule has 0 heterocycles. The van der Waals surface area contributed by atoms with Crippen molar-refractivity contribution in [3.63, 3.8) is 0 Å². The van der Waals surface area contributed by atoms with Gasteiger partial charge in [-0.05, 0) is 32.4 Å². The fourth-order valence-electron chi connectivity index (χ4n) is 2.10. The van der Waals surface area contributed by atoms with Crippen molar-refractivity contribution in [2.24, 2.45) is 5.73 Å². The molecule has 0 spiro atoms. The molecule has 1 aromatic carbocycles. The molecule has 2 rings (SSSR count). The lowest BCUT2D eigenvalue weighted by atomic mass is 9.86. The van der Waals surface area contributed by atoms with Gasteiger partial charge in [-0.3, -0.25) is 4.90 Å². The van der Waals surface area contributed by atoms with Crippen molar-refractivity contribution in [1.82, 2.24) is 4.90 Å². The molecule has 0 radical (unpaired) electrons. The van der Waals surface area contributed by atoms with E-state index in [9.17, 15) is 0 Å². The average Bonchev–Trinajstić information content (AvgIpc) is 2.17. The molecule has 0 aromatic heterocycles. The van der Waals surface area contributed by atoms with Gasteiger partial charge in [0.15, 0.2) is 0 Å². The average molecular weight is 204 g/mol. The first-order valence-corrected chi connectivity index (χ1v) is 5.66. The summed E-state index contributed by atoms with van der Waals surface area (Å²) in [5.74, 6) is 0. The van der Waals surface area contributed by atoms with E-state index in [1.54, 1.807) is 0 Å². The Morgan fingerprint density at radius 3 is 2.40 bits per heavy atom. The van der Waals surface area contributed by atoms with Crippen LogP contribution in [0.5, 0.6) is 0 Å². The molecule has 1 saturated carbocycles. The van der Waals surface area contributed by atoms with Crippen LogP contribution in [0.2, 0.25) is 0 Å². The van der Waals surface area contributed by atoms with E-state index in [1.165, 1.54) is 11.1 Å². The molecule has 2 nitrogen and oxygen atoms in total. The third-order valence-corrected chi connectivity index (χ3v) is 3.33. The van der Waals surface area contributed by atoms with Crippen molar-refractivity contribution in [1.29, 1.82) is 0 Å². The third kappa shape index (κ3) is 2.58. The molecule has 0 amide bonds. The lowest BCUT2D eigenvalue weighted by molar-refractivity contribution is 0.132. The van der Waals surface area contributed by atoms with E-state index in [1.807, 2.05) is 0 Å². The second-order valence-corrected chi connectivity index (χ2v) is 4.79. The first kappa shape index (κ1) is 10.7. The molecule has 2 heteroatoms. The zero-order valence-corrected chi connectivity index (χ0v) is 9.61. The Bertz CT molecular complexity index is 312. The molecule has 15 heavy (non-hydrogen) atoms. The summed E-state index contributed by atoms with van der Waals surface area (Å²) in [5, 5.41) is 0. The Balaban J connectivity index is 1.88. The Morgan fingerprint density at radius 1 is 1.27 bits per heavy atom. The first-order chi connectivity index (χ1) is 7.15. The zero-order valence-electron chi connectivity index (χ0n) is 9.61. The van der Waals surface area contributed by atoms with Crippen LogP contribution in [0.15, 0.2) is 24.3 Å². The van der Waals surface area contributed by atoms with Crippen LogP contribution in [0.1, 0.15) is 24.0 Å². The van der Waals surface area contributed by atoms with Gasteiger partial charge in [-0.1, -0.05) is 29.8 Å². The van der Waals surface area contributed by atoms with Gasteiger partial charge in [-0.15, -0.1) is 0 Å². The summed E-state index contributed by atoms with van der Waals surface area (Å²) in [6.07, 6.45) is 2.31. The van der Waals surface area contributed by atoms with E-state index in [0.717, 1.165) is 19.4 Å². The van der Waals surface area contributed by atoms with E-state index >= 15 is 0 Å². The minimum Gasteiger partial charge on any atom is -0.328 e. The fourth-order valence-corrected chi connectivity index (χ4v) is 2.10. The van der Waals surface area contributed by atoms with Crippen molar-refractivity contribution in [3.8, 4) is 0 Å². The van der Waals surface area contributed by atoms with Crippen molar-refractivity contribution < 1.29 is 0 Å². The van der Waals surface area contributed by atoms with E-state index in [0.29, 0.717) is 12.1 Å². The summed E-state index contributed by atoms with van der Waals surface area (Å²) < 4.78 is 0. The summed E-state index contributed by atoms with van der Waals surface area (Å²) in [6, 6.07) is 9.91. The molecule has 1 fully saturated rings. The highest BCUT2D eigenvalue weighted by Gasteiger charge is 2.28. The van der Waals surface area contributed by atoms with Gasteiger partial charge in [0.05, 0.1) is 0 Å². The van der Waals surface area contributed by atoms with Crippen LogP contribution in [-0.2, 0) is 6.54 Å². The van der Waals surface area contributed by atoms with E-state index in [4.69, 9.17) is 5.73 Å². The zero-order chi connectivity index (χ0) is 10.8. The molecule has 0 aliphatic heterocycles. The largest absolute Gasteiger partial charge is 0.328 e. The van der Waals surface area contributed by atoms with Crippen LogP contribution in [0.3, 0.4) is 0 Å². The molecular formula is C13H20N2. The van der Waals surface area contributed by atoms with Gasteiger partial charge in [-0.2, -0.15) is 0 Å². The molecule has 82 valence electrons. The van der Waals surface area contributed by atoms with Gasteiger partial charge in [0.1, 0.15) is 0 Å². The van der Waals surface area contributed by atoms with Crippen LogP contribution in [0, 0.1) is 6.92 Å². The SMILES string of the molecule is Cc1ccc(CN(C)C2CC(N)C2)cc1. The molecule has 0 saturated heterocycles. The van der Waals surface area contributed by atoms with Gasteiger partial charge >= 0.3 is 0 Å². The minimum atomic E-state index is 0.440. The van der Waals surface area contributed by atoms with Crippen molar-refractivity contribution in [3.05, 3.63) is 35.4 Å². The number of hydrogen-bond donors (Lipinski definition) is 1. The summed E-state index contributed by atoms with van der Waals surface area (Å²) in [7, 11) is 2.19. The Morgan fingerprint density at radius 2 is 1.87 bits per heavy atom. The molecule has 1 aromatic rings. The van der Waals surface area contributed by atoms with Gasteiger partial charge in [0.2, 0.25) is 0 Å². The van der Waals surface area contributed by atoms with Crippen LogP contribution in [-0.4, -0.2) is 24.0 Å². The van der Waals surface area contributed by atoms with Gasteiger partial charge in [0.25, 0.3) is 0 Å². The lowest BCUT2D eigenvalue weighted by Crippen LogP contribution is -2.48. The predicted octanol–water partition coefficient (Wildman–Crippen LogP) is 1.92. The van der Waals surface area contributed by atoms with Crippen molar-refractivity contribution in [2.45, 2.75) is 38.4 Å². The van der Waals surface area contributed by atoms with E-state index < -0.39 is 0 Å². The smallest absolute Gasteiger partial charge is 0.0233 e. The molecule has 0 bridgehead atoms. The standard InChI is InChI=1S/C13H20N2/c1-10-3-5-11(6-4-10)9-15(2)13-7-12(14)8-13/h3-6,12-13H,7-9,14H2,1-2H3. The van der Waals surface area contributed by atoms with Gasteiger partial charge in [-0.25, -0.2) is 0 Å². The first-order valence-electron chi connectivity index (χ1n) is 5.66. The molecule has 1 aliphatic carbocycles. The maximum atomic E-state index is 5.79. The Kier molecular flexibility index (Phi) is 3.08. The number of nitrogens with zero attached hydrogens (tertiary/aromatic N) is 1. The second kappa shape index (κ2) is 4.33. The number of aryl methyl sites for hydroxylation is 1. The molecular weight excluding hydrogens is 184 g/mol. The van der Waals surface area contributed by atoms with E-state index in [2.05, 4.69) is 43.1 Å². The van der Waals surface area contributed by atoms with Crippen molar-refractivity contribution in [2.75, 3.05) is 7.05 Å². The van der Waals surface area contributed by atoms with Gasteiger partial charge in [0, 0.05) is 18.6 Å². The number of nitrogens with two attached hydrogens (primary N) is 1. The number of benzene rings is 1. The Labute approximate surface area is 92.1 Å². The molecule has 0 atom stereocenters. The fraction of sp³-hybridized carbons (Fsp3) is 0.538. The molecule has 1 aliphatic rings. The molecule has 2 N–H and O–H groups in total. The Hall–Kier alpha value is -0.860. The maximum Gasteiger partial charge on any atom is 0.0233 e. The normalized spacial score (nSPS) is 25.3. The van der Waals surface area contributed by atoms with Crippen LogP contribution in [0.25, 0.3) is 0 Å². The monoisotopic (exact) mass is 204 g/mol. The predicted molar refractivity (Wildman–Crippen MR) is 63.6 cm³/mol. The highest BCUT2D eigenvalue weighted by molar-refractivity contribution is 5.21. The van der Waals surface area contributed by atoms with Crippen LogP contribution in [0.4, 0.5) is 0 Å². The summed E-state index contributed by atoms with van der Waals surface area (Å²) in [4.78, 5) is 2.41. The number of hydrogen-bond acceptors (Lipinski definition) is 2. The highest BCUT2D eigenvalue weighted by atomic mass is 15.1. The highest BCUT2D eigenvalue weighted by Crippen LogP contribution is 2.24. The quantitative estimate of drug-likeness (QED) is 0.815. The van der Waals surface area contributed by atoms with E-state index in [-0.39, 0.29) is 0 Å². The minimum absolute atomic E-state index is 0.440. The van der Waals surface area contributed by atoms with Crippen LogP contribution < -0.4 is 5.73 Å². The lowest BCUT2D eigenvalue weighted by Gasteiger charge is -2.39. The third-order valence-electron chi connectivity index (χ3n) is 3.33. The summed E-state index contributed by atoms with van der Waals surface area (Å²) >= 11 is 0. The number of rotatable bonds is 3. The summed E-state index contributed by atoms with van der Waals surface area (Å²) in [5.41, 5.74) is 8.51. The van der Waals surface area contributed by atoms with Crippen molar-refractivity contribution >= 4 is 0 Å². The van der Waals surface area contributed by atoms with Crippen LogP contribution >= 0.6 is 0 Å². The topological polar surface area (TPSA) is 29.3 Å². The second-order valence-electron chi connectivity index (χ2n) is 4.79. The summed E-state index contributed by atoms with van der Waals surface area (Å²) in [6.45, 7) is 3.16.